The number of H-pyrrole nitrogens is 1. The molecule has 6 heteroatoms. The standard InChI is InChI=1S/C15H20N4O2/c1-9(14(20)17-2)8-19(3)15(21)12-7-18-13-5-4-10(16)6-11(12)13/h4-7,9,18H,8,16H2,1-3H3,(H,17,20). The fraction of sp³-hybridized carbons (Fsp3) is 0.333. The number of nitrogens with two attached hydrogens (primary N) is 1. The van der Waals surface area contributed by atoms with Crippen LogP contribution in [0.25, 0.3) is 10.9 Å². The third kappa shape index (κ3) is 2.99. The number of anilines is 1. The monoisotopic (exact) mass is 288 g/mol. The predicted molar refractivity (Wildman–Crippen MR) is 82.9 cm³/mol. The Balaban J connectivity index is 2.21. The van der Waals surface area contributed by atoms with Crippen molar-refractivity contribution in [2.75, 3.05) is 26.4 Å². The number of aromatic nitrogens is 1. The van der Waals surface area contributed by atoms with Gasteiger partial charge in [0.15, 0.2) is 0 Å². The number of hydrogen-bond acceptors (Lipinski definition) is 3. The maximum absolute atomic E-state index is 12.5. The Morgan fingerprint density at radius 3 is 2.81 bits per heavy atom. The van der Waals surface area contributed by atoms with E-state index in [4.69, 9.17) is 5.73 Å². The molecule has 0 aliphatic heterocycles. The lowest BCUT2D eigenvalue weighted by atomic mass is 10.1. The molecule has 1 unspecified atom stereocenters. The second-order valence-electron chi connectivity index (χ2n) is 5.21. The number of aromatic amines is 1. The molecule has 0 fully saturated rings. The van der Waals surface area contributed by atoms with E-state index in [1.807, 2.05) is 6.07 Å². The molecule has 0 spiro atoms. The number of nitrogens with one attached hydrogen (secondary N) is 2. The number of fused-ring (bicyclic) bond motifs is 1. The number of nitrogen functional groups attached to an aromatic ring is 1. The van der Waals surface area contributed by atoms with Gasteiger partial charge in [0, 0.05) is 43.4 Å². The Morgan fingerprint density at radius 1 is 1.43 bits per heavy atom. The van der Waals surface area contributed by atoms with Gasteiger partial charge in [0.1, 0.15) is 0 Å². The van der Waals surface area contributed by atoms with Gasteiger partial charge in [-0.3, -0.25) is 9.59 Å². The largest absolute Gasteiger partial charge is 0.399 e. The second-order valence-corrected chi connectivity index (χ2v) is 5.21. The third-order valence-electron chi connectivity index (χ3n) is 3.52. The van der Waals surface area contributed by atoms with E-state index in [-0.39, 0.29) is 17.7 Å². The highest BCUT2D eigenvalue weighted by atomic mass is 16.2. The average Bonchev–Trinajstić information content (AvgIpc) is 2.88. The van der Waals surface area contributed by atoms with Crippen molar-refractivity contribution in [2.45, 2.75) is 6.92 Å². The average molecular weight is 288 g/mol. The maximum atomic E-state index is 12.5. The predicted octanol–water partition coefficient (Wildman–Crippen LogP) is 1.20. The SMILES string of the molecule is CNC(=O)C(C)CN(C)C(=O)c1c[nH]c2ccc(N)cc12. The molecule has 4 N–H and O–H groups in total. The highest BCUT2D eigenvalue weighted by Gasteiger charge is 2.20. The highest BCUT2D eigenvalue weighted by molar-refractivity contribution is 6.07. The summed E-state index contributed by atoms with van der Waals surface area (Å²) in [6.07, 6.45) is 1.67. The molecule has 6 nitrogen and oxygen atoms in total. The lowest BCUT2D eigenvalue weighted by molar-refractivity contribution is -0.124. The van der Waals surface area contributed by atoms with Crippen LogP contribution < -0.4 is 11.1 Å². The van der Waals surface area contributed by atoms with Gasteiger partial charge in [-0.05, 0) is 18.2 Å². The van der Waals surface area contributed by atoms with Crippen LogP contribution >= 0.6 is 0 Å². The summed E-state index contributed by atoms with van der Waals surface area (Å²) in [5, 5.41) is 3.37. The lowest BCUT2D eigenvalue weighted by Gasteiger charge is -2.20. The van der Waals surface area contributed by atoms with Gasteiger partial charge in [-0.15, -0.1) is 0 Å². The summed E-state index contributed by atoms with van der Waals surface area (Å²) < 4.78 is 0. The van der Waals surface area contributed by atoms with Crippen molar-refractivity contribution in [3.05, 3.63) is 30.0 Å². The molecule has 21 heavy (non-hydrogen) atoms. The fourth-order valence-corrected chi connectivity index (χ4v) is 2.34. The minimum absolute atomic E-state index is 0.0854. The Morgan fingerprint density at radius 2 is 2.14 bits per heavy atom. The van der Waals surface area contributed by atoms with Gasteiger partial charge in [0.2, 0.25) is 5.91 Å². The number of carbonyl (C=O) groups excluding carboxylic acids is 2. The molecule has 1 heterocycles. The maximum Gasteiger partial charge on any atom is 0.255 e. The van der Waals surface area contributed by atoms with E-state index in [9.17, 15) is 9.59 Å². The molecule has 1 aromatic heterocycles. The number of benzene rings is 1. The Labute approximate surface area is 123 Å². The first-order chi connectivity index (χ1) is 9.93. The van der Waals surface area contributed by atoms with Crippen molar-refractivity contribution < 1.29 is 9.59 Å². The molecule has 112 valence electrons. The van der Waals surface area contributed by atoms with Crippen molar-refractivity contribution in [1.82, 2.24) is 15.2 Å². The quantitative estimate of drug-likeness (QED) is 0.738. The Kier molecular flexibility index (Phi) is 4.16. The molecular formula is C15H20N4O2. The zero-order valence-corrected chi connectivity index (χ0v) is 12.4. The van der Waals surface area contributed by atoms with Gasteiger partial charge in [0.05, 0.1) is 11.5 Å². The first-order valence-corrected chi connectivity index (χ1v) is 6.77. The summed E-state index contributed by atoms with van der Waals surface area (Å²) in [6, 6.07) is 5.40. The number of nitrogens with zero attached hydrogens (tertiary/aromatic N) is 1. The molecule has 0 aliphatic carbocycles. The molecular weight excluding hydrogens is 268 g/mol. The van der Waals surface area contributed by atoms with Crippen molar-refractivity contribution in [1.29, 1.82) is 0 Å². The van der Waals surface area contributed by atoms with E-state index in [1.165, 1.54) is 0 Å². The minimum Gasteiger partial charge on any atom is -0.399 e. The normalized spacial score (nSPS) is 12.1. The van der Waals surface area contributed by atoms with E-state index < -0.39 is 0 Å². The number of carbonyl (C=O) groups is 2. The summed E-state index contributed by atoms with van der Waals surface area (Å²) in [5.41, 5.74) is 7.80. The molecule has 1 aromatic carbocycles. The van der Waals surface area contributed by atoms with Crippen molar-refractivity contribution in [2.24, 2.45) is 5.92 Å². The van der Waals surface area contributed by atoms with Gasteiger partial charge in [-0.1, -0.05) is 6.92 Å². The summed E-state index contributed by atoms with van der Waals surface area (Å²) >= 11 is 0. The summed E-state index contributed by atoms with van der Waals surface area (Å²) in [4.78, 5) is 28.7. The summed E-state index contributed by atoms with van der Waals surface area (Å²) in [5.74, 6) is -0.486. The number of amides is 2. The van der Waals surface area contributed by atoms with Crippen LogP contribution in [0.15, 0.2) is 24.4 Å². The van der Waals surface area contributed by atoms with Crippen molar-refractivity contribution in [3.8, 4) is 0 Å². The molecule has 0 aliphatic rings. The van der Waals surface area contributed by atoms with Crippen molar-refractivity contribution >= 4 is 28.4 Å². The molecule has 0 radical (unpaired) electrons. The van der Waals surface area contributed by atoms with Gasteiger partial charge in [-0.2, -0.15) is 0 Å². The van der Waals surface area contributed by atoms with Gasteiger partial charge in [0.25, 0.3) is 5.91 Å². The minimum atomic E-state index is -0.265. The van der Waals surface area contributed by atoms with Crippen LogP contribution in [0.4, 0.5) is 5.69 Å². The van der Waals surface area contributed by atoms with Crippen LogP contribution in [0.2, 0.25) is 0 Å². The highest BCUT2D eigenvalue weighted by Crippen LogP contribution is 2.22. The Hall–Kier alpha value is -2.50. The third-order valence-corrected chi connectivity index (χ3v) is 3.52. The van der Waals surface area contributed by atoms with Gasteiger partial charge in [-0.25, -0.2) is 0 Å². The molecule has 0 bridgehead atoms. The lowest BCUT2D eigenvalue weighted by Crippen LogP contribution is -2.37. The van der Waals surface area contributed by atoms with Crippen molar-refractivity contribution in [3.63, 3.8) is 0 Å². The zero-order chi connectivity index (χ0) is 15.6. The molecule has 0 saturated carbocycles. The van der Waals surface area contributed by atoms with Crippen LogP contribution in [0, 0.1) is 5.92 Å². The topological polar surface area (TPSA) is 91.2 Å². The zero-order valence-electron chi connectivity index (χ0n) is 12.4. The van der Waals surface area contributed by atoms with Crippen LogP contribution in [0.3, 0.4) is 0 Å². The molecule has 2 amide bonds. The number of rotatable bonds is 4. The summed E-state index contributed by atoms with van der Waals surface area (Å²) in [7, 11) is 3.27. The van der Waals surface area contributed by atoms with Gasteiger partial charge < -0.3 is 20.9 Å². The molecule has 2 aromatic rings. The van der Waals surface area contributed by atoms with Crippen LogP contribution in [0.5, 0.6) is 0 Å². The van der Waals surface area contributed by atoms with E-state index in [0.717, 1.165) is 10.9 Å². The molecule has 2 rings (SSSR count). The van der Waals surface area contributed by atoms with Crippen LogP contribution in [0.1, 0.15) is 17.3 Å². The number of hydrogen-bond donors (Lipinski definition) is 3. The van der Waals surface area contributed by atoms with Gasteiger partial charge >= 0.3 is 0 Å². The van der Waals surface area contributed by atoms with E-state index >= 15 is 0 Å². The van der Waals surface area contributed by atoms with Crippen LogP contribution in [-0.4, -0.2) is 42.3 Å². The molecule has 0 saturated heterocycles. The smallest absolute Gasteiger partial charge is 0.255 e. The molecule has 1 atom stereocenters. The van der Waals surface area contributed by atoms with E-state index in [0.29, 0.717) is 17.8 Å². The second kappa shape index (κ2) is 5.87. The Bertz CT molecular complexity index is 677. The van der Waals surface area contributed by atoms with E-state index in [2.05, 4.69) is 10.3 Å². The fourth-order valence-electron chi connectivity index (χ4n) is 2.34. The summed E-state index contributed by atoms with van der Waals surface area (Å²) in [6.45, 7) is 2.14. The van der Waals surface area contributed by atoms with E-state index in [1.54, 1.807) is 44.2 Å². The first-order valence-electron chi connectivity index (χ1n) is 6.77. The van der Waals surface area contributed by atoms with Crippen LogP contribution in [-0.2, 0) is 4.79 Å². The first kappa shape index (κ1) is 14.9.